The maximum atomic E-state index is 12.3. The molecule has 0 bridgehead atoms. The molecule has 3 aromatic rings. The van der Waals surface area contributed by atoms with E-state index < -0.39 is 0 Å². The molecule has 0 saturated heterocycles. The number of thiophene rings is 1. The normalized spacial score (nSPS) is 12.1. The van der Waals surface area contributed by atoms with Gasteiger partial charge in [0.1, 0.15) is 5.82 Å². The van der Waals surface area contributed by atoms with Crippen molar-refractivity contribution in [1.82, 2.24) is 25.5 Å². The van der Waals surface area contributed by atoms with E-state index in [4.69, 9.17) is 0 Å². The van der Waals surface area contributed by atoms with E-state index in [0.29, 0.717) is 12.1 Å². The summed E-state index contributed by atoms with van der Waals surface area (Å²) >= 11 is 1.67. The van der Waals surface area contributed by atoms with Gasteiger partial charge in [0.2, 0.25) is 0 Å². The summed E-state index contributed by atoms with van der Waals surface area (Å²) in [4.78, 5) is 12.3. The molecule has 0 saturated carbocycles. The lowest BCUT2D eigenvalue weighted by Gasteiger charge is -2.13. The lowest BCUT2D eigenvalue weighted by atomic mass is 10.1. The highest BCUT2D eigenvalue weighted by Crippen LogP contribution is 2.10. The van der Waals surface area contributed by atoms with Crippen molar-refractivity contribution in [3.63, 3.8) is 0 Å². The van der Waals surface area contributed by atoms with Gasteiger partial charge >= 0.3 is 0 Å². The van der Waals surface area contributed by atoms with Gasteiger partial charge in [0, 0.05) is 11.6 Å². The highest BCUT2D eigenvalue weighted by atomic mass is 32.1. The van der Waals surface area contributed by atoms with E-state index in [9.17, 15) is 4.79 Å². The minimum Gasteiger partial charge on any atom is -0.349 e. The fourth-order valence-corrected chi connectivity index (χ4v) is 3.13. The quantitative estimate of drug-likeness (QED) is 0.747. The van der Waals surface area contributed by atoms with Gasteiger partial charge in [-0.05, 0) is 70.8 Å². The van der Waals surface area contributed by atoms with Gasteiger partial charge in [-0.15, -0.1) is 5.10 Å². The molecular formula is C17H19N5OS. The van der Waals surface area contributed by atoms with E-state index in [2.05, 4.69) is 37.7 Å². The van der Waals surface area contributed by atoms with Crippen LogP contribution in [0.4, 0.5) is 0 Å². The van der Waals surface area contributed by atoms with E-state index in [1.165, 1.54) is 5.56 Å². The average molecular weight is 341 g/mol. The first kappa shape index (κ1) is 16.3. The summed E-state index contributed by atoms with van der Waals surface area (Å²) in [5.41, 5.74) is 2.96. The molecule has 1 unspecified atom stereocenters. The Morgan fingerprint density at radius 1 is 1.25 bits per heavy atom. The molecule has 2 heterocycles. The van der Waals surface area contributed by atoms with Crippen LogP contribution in [0.3, 0.4) is 0 Å². The predicted molar refractivity (Wildman–Crippen MR) is 93.0 cm³/mol. The van der Waals surface area contributed by atoms with Crippen molar-refractivity contribution < 1.29 is 4.79 Å². The molecule has 0 fully saturated rings. The van der Waals surface area contributed by atoms with Crippen molar-refractivity contribution in [2.45, 2.75) is 32.9 Å². The van der Waals surface area contributed by atoms with E-state index in [1.807, 2.05) is 38.1 Å². The molecule has 1 N–H and O–H groups in total. The SMILES string of the molecule is Cc1nnnn1Cc1ccc(C(=O)NC(C)Cc2ccsc2)cc1. The Kier molecular flexibility index (Phi) is 5.00. The summed E-state index contributed by atoms with van der Waals surface area (Å²) in [7, 11) is 0. The molecule has 0 radical (unpaired) electrons. The first-order valence-corrected chi connectivity index (χ1v) is 8.70. The van der Waals surface area contributed by atoms with Crippen LogP contribution in [-0.4, -0.2) is 32.2 Å². The van der Waals surface area contributed by atoms with Gasteiger partial charge < -0.3 is 5.32 Å². The summed E-state index contributed by atoms with van der Waals surface area (Å²) in [5, 5.41) is 18.6. The Morgan fingerprint density at radius 3 is 2.67 bits per heavy atom. The van der Waals surface area contributed by atoms with Crippen LogP contribution in [-0.2, 0) is 13.0 Å². The van der Waals surface area contributed by atoms with Crippen LogP contribution in [0.15, 0.2) is 41.1 Å². The maximum absolute atomic E-state index is 12.3. The lowest BCUT2D eigenvalue weighted by molar-refractivity contribution is 0.0940. The van der Waals surface area contributed by atoms with Gasteiger partial charge in [-0.1, -0.05) is 12.1 Å². The van der Waals surface area contributed by atoms with E-state index in [0.717, 1.165) is 17.8 Å². The molecule has 1 aromatic carbocycles. The summed E-state index contributed by atoms with van der Waals surface area (Å²) in [6, 6.07) is 9.71. The minimum absolute atomic E-state index is 0.0529. The Morgan fingerprint density at radius 2 is 2.04 bits per heavy atom. The molecule has 24 heavy (non-hydrogen) atoms. The number of aryl methyl sites for hydroxylation is 1. The van der Waals surface area contributed by atoms with Crippen molar-refractivity contribution >= 4 is 17.2 Å². The monoisotopic (exact) mass is 341 g/mol. The molecule has 0 aliphatic carbocycles. The van der Waals surface area contributed by atoms with E-state index in [-0.39, 0.29) is 11.9 Å². The van der Waals surface area contributed by atoms with Gasteiger partial charge in [-0.25, -0.2) is 4.68 Å². The smallest absolute Gasteiger partial charge is 0.251 e. The van der Waals surface area contributed by atoms with Crippen molar-refractivity contribution in [1.29, 1.82) is 0 Å². The Balaban J connectivity index is 1.58. The highest BCUT2D eigenvalue weighted by Gasteiger charge is 2.11. The number of rotatable bonds is 6. The van der Waals surface area contributed by atoms with Gasteiger partial charge in [0.05, 0.1) is 6.54 Å². The third-order valence-electron chi connectivity index (χ3n) is 3.76. The third-order valence-corrected chi connectivity index (χ3v) is 4.49. The second kappa shape index (κ2) is 7.35. The summed E-state index contributed by atoms with van der Waals surface area (Å²) in [6.07, 6.45) is 0.839. The number of nitrogens with one attached hydrogen (secondary N) is 1. The zero-order valence-corrected chi connectivity index (χ0v) is 14.5. The standard InChI is InChI=1S/C17H19N5OS/c1-12(9-15-7-8-24-11-15)18-17(23)16-5-3-14(4-6-16)10-22-13(2)19-20-21-22/h3-8,11-12H,9-10H2,1-2H3,(H,18,23). The van der Waals surface area contributed by atoms with Crippen LogP contribution >= 0.6 is 11.3 Å². The van der Waals surface area contributed by atoms with Crippen LogP contribution in [0.25, 0.3) is 0 Å². The second-order valence-corrected chi connectivity index (χ2v) is 6.57. The highest BCUT2D eigenvalue weighted by molar-refractivity contribution is 7.07. The number of carbonyl (C=O) groups is 1. The Hall–Kier alpha value is -2.54. The molecule has 0 spiro atoms. The van der Waals surface area contributed by atoms with Crippen molar-refractivity contribution in [3.8, 4) is 0 Å². The van der Waals surface area contributed by atoms with Gasteiger partial charge in [0.15, 0.2) is 0 Å². The number of hydrogen-bond donors (Lipinski definition) is 1. The van der Waals surface area contributed by atoms with E-state index in [1.54, 1.807) is 16.0 Å². The van der Waals surface area contributed by atoms with Crippen molar-refractivity contribution in [2.24, 2.45) is 0 Å². The molecular weight excluding hydrogens is 322 g/mol. The molecule has 0 aliphatic rings. The molecule has 3 rings (SSSR count). The number of nitrogens with zero attached hydrogens (tertiary/aromatic N) is 4. The number of tetrazole rings is 1. The van der Waals surface area contributed by atoms with Crippen molar-refractivity contribution in [3.05, 3.63) is 63.6 Å². The average Bonchev–Trinajstić information content (AvgIpc) is 3.20. The van der Waals surface area contributed by atoms with Crippen LogP contribution in [0, 0.1) is 6.92 Å². The first-order chi connectivity index (χ1) is 11.6. The molecule has 7 heteroatoms. The van der Waals surface area contributed by atoms with Crippen LogP contribution in [0.2, 0.25) is 0 Å². The number of aromatic nitrogens is 4. The second-order valence-electron chi connectivity index (χ2n) is 5.79. The van der Waals surface area contributed by atoms with Gasteiger partial charge in [-0.3, -0.25) is 4.79 Å². The Labute approximate surface area is 144 Å². The largest absolute Gasteiger partial charge is 0.349 e. The van der Waals surface area contributed by atoms with Gasteiger partial charge in [0.25, 0.3) is 5.91 Å². The summed E-state index contributed by atoms with van der Waals surface area (Å²) in [5.74, 6) is 0.710. The molecule has 2 aromatic heterocycles. The molecule has 6 nitrogen and oxygen atoms in total. The predicted octanol–water partition coefficient (Wildman–Crippen LogP) is 2.45. The fraction of sp³-hybridized carbons (Fsp3) is 0.294. The number of benzene rings is 1. The van der Waals surface area contributed by atoms with Crippen molar-refractivity contribution in [2.75, 3.05) is 0 Å². The molecule has 0 aliphatic heterocycles. The third kappa shape index (κ3) is 4.05. The van der Waals surface area contributed by atoms with Crippen LogP contribution < -0.4 is 5.32 Å². The zero-order valence-electron chi connectivity index (χ0n) is 13.6. The zero-order chi connectivity index (χ0) is 16.9. The molecule has 1 amide bonds. The number of hydrogen-bond acceptors (Lipinski definition) is 5. The van der Waals surface area contributed by atoms with Crippen LogP contribution in [0.1, 0.15) is 34.2 Å². The van der Waals surface area contributed by atoms with E-state index >= 15 is 0 Å². The lowest BCUT2D eigenvalue weighted by Crippen LogP contribution is -2.33. The fourth-order valence-electron chi connectivity index (χ4n) is 2.45. The summed E-state index contributed by atoms with van der Waals surface area (Å²) < 4.78 is 1.72. The van der Waals surface area contributed by atoms with Crippen LogP contribution in [0.5, 0.6) is 0 Å². The first-order valence-electron chi connectivity index (χ1n) is 7.75. The number of carbonyl (C=O) groups excluding carboxylic acids is 1. The molecule has 1 atom stereocenters. The summed E-state index contributed by atoms with van der Waals surface area (Å²) in [6.45, 7) is 4.47. The Bertz CT molecular complexity index is 795. The number of amides is 1. The molecule has 124 valence electrons. The maximum Gasteiger partial charge on any atom is 0.251 e. The minimum atomic E-state index is -0.0529. The topological polar surface area (TPSA) is 72.7 Å². The van der Waals surface area contributed by atoms with Gasteiger partial charge in [-0.2, -0.15) is 11.3 Å².